The summed E-state index contributed by atoms with van der Waals surface area (Å²) < 4.78 is 7.44. The first-order valence-electron chi connectivity index (χ1n) is 6.75. The standard InChI is InChI=1S/C13H21N5O/c1-5-9(6-2)19-11-7-10(8(3)4)12-15-16-13(14)18(12)17-11/h7-9H,5-6H2,1-4H3,(H2,14,16). The smallest absolute Gasteiger partial charge is 0.243 e. The largest absolute Gasteiger partial charge is 0.473 e. The zero-order chi connectivity index (χ0) is 14.0. The van der Waals surface area contributed by atoms with Crippen molar-refractivity contribution in [2.45, 2.75) is 52.6 Å². The maximum absolute atomic E-state index is 5.89. The van der Waals surface area contributed by atoms with Crippen LogP contribution in [-0.4, -0.2) is 25.9 Å². The molecule has 0 radical (unpaired) electrons. The number of aromatic nitrogens is 4. The molecular formula is C13H21N5O. The summed E-state index contributed by atoms with van der Waals surface area (Å²) in [5.41, 5.74) is 7.52. The van der Waals surface area contributed by atoms with E-state index in [2.05, 4.69) is 43.0 Å². The minimum atomic E-state index is 0.169. The first-order valence-corrected chi connectivity index (χ1v) is 6.75. The Balaban J connectivity index is 2.47. The van der Waals surface area contributed by atoms with Gasteiger partial charge in [0.2, 0.25) is 11.8 Å². The summed E-state index contributed by atoms with van der Waals surface area (Å²) in [6.07, 6.45) is 2.07. The lowest BCUT2D eigenvalue weighted by Crippen LogP contribution is -2.16. The summed E-state index contributed by atoms with van der Waals surface area (Å²) >= 11 is 0. The lowest BCUT2D eigenvalue weighted by Gasteiger charge is -2.16. The monoisotopic (exact) mass is 263 g/mol. The van der Waals surface area contributed by atoms with Crippen LogP contribution in [0, 0.1) is 0 Å². The third kappa shape index (κ3) is 2.62. The molecule has 104 valence electrons. The molecule has 2 heterocycles. The zero-order valence-corrected chi connectivity index (χ0v) is 11.9. The van der Waals surface area contributed by atoms with Gasteiger partial charge in [-0.1, -0.05) is 27.7 Å². The van der Waals surface area contributed by atoms with Gasteiger partial charge in [0, 0.05) is 11.6 Å². The molecule has 2 aromatic rings. The Hall–Kier alpha value is -1.85. The number of rotatable bonds is 5. The predicted molar refractivity (Wildman–Crippen MR) is 74.3 cm³/mol. The van der Waals surface area contributed by atoms with Crippen LogP contribution in [0.5, 0.6) is 5.88 Å². The average molecular weight is 263 g/mol. The molecule has 0 bridgehead atoms. The Morgan fingerprint density at radius 3 is 2.53 bits per heavy atom. The fraction of sp³-hybridized carbons (Fsp3) is 0.615. The maximum atomic E-state index is 5.89. The predicted octanol–water partition coefficient (Wildman–Crippen LogP) is 2.40. The van der Waals surface area contributed by atoms with Crippen LogP contribution in [0.4, 0.5) is 5.95 Å². The van der Waals surface area contributed by atoms with Gasteiger partial charge in [0.05, 0.1) is 6.10 Å². The molecule has 0 atom stereocenters. The lowest BCUT2D eigenvalue weighted by atomic mass is 10.1. The van der Waals surface area contributed by atoms with Crippen molar-refractivity contribution in [3.05, 3.63) is 11.6 Å². The molecule has 0 spiro atoms. The van der Waals surface area contributed by atoms with Crippen molar-refractivity contribution in [1.29, 1.82) is 0 Å². The number of anilines is 1. The van der Waals surface area contributed by atoms with Crippen molar-refractivity contribution in [2.24, 2.45) is 0 Å². The molecule has 2 N–H and O–H groups in total. The summed E-state index contributed by atoms with van der Waals surface area (Å²) in [5.74, 6) is 1.17. The fourth-order valence-corrected chi connectivity index (χ4v) is 2.00. The molecular weight excluding hydrogens is 242 g/mol. The van der Waals surface area contributed by atoms with Crippen LogP contribution in [0.25, 0.3) is 5.65 Å². The quantitative estimate of drug-likeness (QED) is 0.896. The third-order valence-corrected chi connectivity index (χ3v) is 3.22. The average Bonchev–Trinajstić information content (AvgIpc) is 2.77. The highest BCUT2D eigenvalue weighted by Gasteiger charge is 2.16. The van der Waals surface area contributed by atoms with E-state index in [1.807, 2.05) is 6.07 Å². The van der Waals surface area contributed by atoms with E-state index in [4.69, 9.17) is 10.5 Å². The Bertz CT molecular complexity index is 559. The van der Waals surface area contributed by atoms with Gasteiger partial charge in [-0.3, -0.25) is 0 Å². The van der Waals surface area contributed by atoms with Crippen LogP contribution in [0.2, 0.25) is 0 Å². The lowest BCUT2D eigenvalue weighted by molar-refractivity contribution is 0.182. The van der Waals surface area contributed by atoms with E-state index in [0.717, 1.165) is 18.4 Å². The van der Waals surface area contributed by atoms with Gasteiger partial charge in [-0.2, -0.15) is 4.52 Å². The molecule has 2 rings (SSSR count). The van der Waals surface area contributed by atoms with E-state index < -0.39 is 0 Å². The van der Waals surface area contributed by atoms with Gasteiger partial charge in [-0.05, 0) is 18.8 Å². The molecule has 0 fully saturated rings. The van der Waals surface area contributed by atoms with Crippen LogP contribution in [-0.2, 0) is 0 Å². The van der Waals surface area contributed by atoms with E-state index in [-0.39, 0.29) is 12.1 Å². The van der Waals surface area contributed by atoms with Gasteiger partial charge in [-0.25, -0.2) is 0 Å². The Labute approximate surface area is 113 Å². The third-order valence-electron chi connectivity index (χ3n) is 3.22. The Morgan fingerprint density at radius 1 is 1.26 bits per heavy atom. The van der Waals surface area contributed by atoms with Crippen LogP contribution < -0.4 is 10.5 Å². The van der Waals surface area contributed by atoms with Gasteiger partial charge in [0.25, 0.3) is 0 Å². The molecule has 6 nitrogen and oxygen atoms in total. The molecule has 0 saturated carbocycles. The minimum Gasteiger partial charge on any atom is -0.473 e. The van der Waals surface area contributed by atoms with Crippen molar-refractivity contribution >= 4 is 11.6 Å². The number of ether oxygens (including phenoxy) is 1. The van der Waals surface area contributed by atoms with Crippen LogP contribution in [0.3, 0.4) is 0 Å². The normalized spacial score (nSPS) is 11.7. The van der Waals surface area contributed by atoms with Crippen molar-refractivity contribution in [3.8, 4) is 5.88 Å². The zero-order valence-electron chi connectivity index (χ0n) is 11.9. The second kappa shape index (κ2) is 5.42. The van der Waals surface area contributed by atoms with Crippen molar-refractivity contribution < 1.29 is 4.74 Å². The first kappa shape index (κ1) is 13.6. The van der Waals surface area contributed by atoms with Gasteiger partial charge < -0.3 is 10.5 Å². The van der Waals surface area contributed by atoms with Crippen molar-refractivity contribution in [2.75, 3.05) is 5.73 Å². The SMILES string of the molecule is CCC(CC)Oc1cc(C(C)C)c2nnc(N)n2n1. The van der Waals surface area contributed by atoms with E-state index in [0.29, 0.717) is 17.4 Å². The molecule has 19 heavy (non-hydrogen) atoms. The first-order chi connectivity index (χ1) is 9.06. The van der Waals surface area contributed by atoms with Gasteiger partial charge in [-0.15, -0.1) is 15.3 Å². The molecule has 0 unspecified atom stereocenters. The van der Waals surface area contributed by atoms with E-state index in [1.165, 1.54) is 0 Å². The molecule has 0 aliphatic carbocycles. The minimum absolute atomic E-state index is 0.169. The molecule has 6 heteroatoms. The number of nitrogens with zero attached hydrogens (tertiary/aromatic N) is 4. The second-order valence-corrected chi connectivity index (χ2v) is 4.94. The summed E-state index contributed by atoms with van der Waals surface area (Å²) in [6, 6.07) is 1.94. The van der Waals surface area contributed by atoms with E-state index in [1.54, 1.807) is 4.52 Å². The molecule has 0 aliphatic heterocycles. The Kier molecular flexibility index (Phi) is 3.87. The van der Waals surface area contributed by atoms with E-state index >= 15 is 0 Å². The number of nitrogens with two attached hydrogens (primary N) is 1. The van der Waals surface area contributed by atoms with Crippen molar-refractivity contribution in [3.63, 3.8) is 0 Å². The summed E-state index contributed by atoms with van der Waals surface area (Å²) in [4.78, 5) is 0. The van der Waals surface area contributed by atoms with E-state index in [9.17, 15) is 0 Å². The highest BCUT2D eigenvalue weighted by atomic mass is 16.5. The molecule has 0 saturated heterocycles. The van der Waals surface area contributed by atoms with Crippen molar-refractivity contribution in [1.82, 2.24) is 19.8 Å². The molecule has 0 amide bonds. The Morgan fingerprint density at radius 2 is 1.95 bits per heavy atom. The van der Waals surface area contributed by atoms with Gasteiger partial charge in [0.1, 0.15) is 0 Å². The van der Waals surface area contributed by atoms with Crippen LogP contribution in [0.1, 0.15) is 52.0 Å². The number of hydrogen-bond donors (Lipinski definition) is 1. The van der Waals surface area contributed by atoms with Crippen LogP contribution in [0.15, 0.2) is 6.07 Å². The second-order valence-electron chi connectivity index (χ2n) is 4.94. The number of hydrogen-bond acceptors (Lipinski definition) is 5. The fourth-order valence-electron chi connectivity index (χ4n) is 2.00. The molecule has 0 aliphatic rings. The summed E-state index contributed by atoms with van der Waals surface area (Å²) in [6.45, 7) is 8.40. The van der Waals surface area contributed by atoms with Crippen LogP contribution >= 0.6 is 0 Å². The highest BCUT2D eigenvalue weighted by molar-refractivity contribution is 5.52. The molecule has 2 aromatic heterocycles. The summed E-state index contributed by atoms with van der Waals surface area (Å²) in [7, 11) is 0. The number of nitrogen functional groups attached to an aromatic ring is 1. The number of fused-ring (bicyclic) bond motifs is 1. The topological polar surface area (TPSA) is 78.3 Å². The summed E-state index contributed by atoms with van der Waals surface area (Å²) in [5, 5.41) is 12.3. The molecule has 0 aromatic carbocycles. The van der Waals surface area contributed by atoms with Gasteiger partial charge >= 0.3 is 0 Å². The maximum Gasteiger partial charge on any atom is 0.243 e. The highest BCUT2D eigenvalue weighted by Crippen LogP contribution is 2.24. The van der Waals surface area contributed by atoms with Gasteiger partial charge in [0.15, 0.2) is 5.65 Å².